The molecule has 2 amide bonds. The molecular formula is C18H12ClN3O8S. The van der Waals surface area contributed by atoms with Gasteiger partial charge in [0.1, 0.15) is 12.4 Å². The molecule has 31 heavy (non-hydrogen) atoms. The van der Waals surface area contributed by atoms with Gasteiger partial charge in [-0.15, -0.1) is 0 Å². The van der Waals surface area contributed by atoms with Crippen molar-refractivity contribution in [3.8, 4) is 11.5 Å². The first kappa shape index (κ1) is 22.1. The number of hydrogen-bond acceptors (Lipinski definition) is 9. The fourth-order valence-electron chi connectivity index (χ4n) is 2.60. The molecule has 0 bridgehead atoms. The summed E-state index contributed by atoms with van der Waals surface area (Å²) in [7, 11) is 0. The highest BCUT2D eigenvalue weighted by Gasteiger charge is 2.35. The van der Waals surface area contributed by atoms with Crippen LogP contribution in [0.3, 0.4) is 0 Å². The predicted molar refractivity (Wildman–Crippen MR) is 111 cm³/mol. The fraction of sp³-hybridized carbons (Fsp3) is 0.111. The number of rotatable bonds is 7. The molecule has 160 valence electrons. The lowest BCUT2D eigenvalue weighted by Crippen LogP contribution is -2.32. The molecule has 1 aliphatic rings. The van der Waals surface area contributed by atoms with Crippen LogP contribution in [0.15, 0.2) is 41.3 Å². The number of phenols is 1. The van der Waals surface area contributed by atoms with Gasteiger partial charge < -0.3 is 9.84 Å². The van der Waals surface area contributed by atoms with E-state index >= 15 is 0 Å². The lowest BCUT2D eigenvalue weighted by Gasteiger charge is -2.13. The SMILES string of the molecule is O=C1S/C(=C\c2cc([N+](=O)[O-])cc([N+](=O)[O-])c2O)C(=O)N1CCOc1ccc(Cl)cc1. The van der Waals surface area contributed by atoms with Crippen molar-refractivity contribution in [2.75, 3.05) is 13.2 Å². The topological polar surface area (TPSA) is 153 Å². The molecule has 2 aromatic rings. The Morgan fingerprint density at radius 2 is 1.81 bits per heavy atom. The number of hydrogen-bond donors (Lipinski definition) is 1. The number of imide groups is 1. The average Bonchev–Trinajstić information content (AvgIpc) is 2.97. The van der Waals surface area contributed by atoms with Gasteiger partial charge in [0.15, 0.2) is 0 Å². The van der Waals surface area contributed by atoms with Crippen molar-refractivity contribution in [3.63, 3.8) is 0 Å². The number of non-ortho nitro benzene ring substituents is 1. The maximum absolute atomic E-state index is 12.5. The molecule has 0 atom stereocenters. The van der Waals surface area contributed by atoms with Gasteiger partial charge in [0.2, 0.25) is 5.75 Å². The van der Waals surface area contributed by atoms with Crippen LogP contribution in [-0.4, -0.2) is 44.2 Å². The van der Waals surface area contributed by atoms with Crippen molar-refractivity contribution >= 4 is 52.0 Å². The maximum Gasteiger partial charge on any atom is 0.318 e. The van der Waals surface area contributed by atoms with E-state index in [-0.39, 0.29) is 23.6 Å². The number of halogens is 1. The predicted octanol–water partition coefficient (Wildman–Crippen LogP) is 3.98. The van der Waals surface area contributed by atoms with Crippen LogP contribution in [-0.2, 0) is 4.79 Å². The van der Waals surface area contributed by atoms with Crippen molar-refractivity contribution in [2.45, 2.75) is 0 Å². The molecule has 11 nitrogen and oxygen atoms in total. The number of ether oxygens (including phenoxy) is 1. The summed E-state index contributed by atoms with van der Waals surface area (Å²) in [6.45, 7) is -0.0772. The molecule has 1 heterocycles. The van der Waals surface area contributed by atoms with Gasteiger partial charge in [0.05, 0.1) is 27.4 Å². The number of carbonyl (C=O) groups excluding carboxylic acids is 2. The monoisotopic (exact) mass is 465 g/mol. The minimum atomic E-state index is -0.987. The van der Waals surface area contributed by atoms with E-state index in [1.165, 1.54) is 0 Å². The number of nitro groups is 2. The van der Waals surface area contributed by atoms with Crippen LogP contribution in [0, 0.1) is 20.2 Å². The summed E-state index contributed by atoms with van der Waals surface area (Å²) in [5, 5.41) is 32.1. The largest absolute Gasteiger partial charge is 0.502 e. The summed E-state index contributed by atoms with van der Waals surface area (Å²) >= 11 is 6.32. The first-order chi connectivity index (χ1) is 14.7. The number of carbonyl (C=O) groups is 2. The third-order valence-corrected chi connectivity index (χ3v) is 5.23. The molecule has 0 spiro atoms. The number of amides is 2. The number of nitro benzene ring substituents is 2. The zero-order chi connectivity index (χ0) is 22.7. The Kier molecular flexibility index (Phi) is 6.42. The Bertz CT molecular complexity index is 1120. The minimum Gasteiger partial charge on any atom is -0.502 e. The molecule has 0 aliphatic carbocycles. The number of nitrogens with zero attached hydrogens (tertiary/aromatic N) is 3. The molecule has 1 saturated heterocycles. The second kappa shape index (κ2) is 9.02. The van der Waals surface area contributed by atoms with Gasteiger partial charge in [-0.05, 0) is 42.1 Å². The van der Waals surface area contributed by atoms with Crippen LogP contribution in [0.4, 0.5) is 16.2 Å². The van der Waals surface area contributed by atoms with E-state index in [0.717, 1.165) is 17.0 Å². The molecule has 3 rings (SSSR count). The van der Waals surface area contributed by atoms with E-state index < -0.39 is 38.1 Å². The van der Waals surface area contributed by atoms with E-state index in [0.29, 0.717) is 28.6 Å². The van der Waals surface area contributed by atoms with Gasteiger partial charge in [0, 0.05) is 16.7 Å². The van der Waals surface area contributed by atoms with Gasteiger partial charge in [-0.2, -0.15) is 0 Å². The van der Waals surface area contributed by atoms with E-state index in [4.69, 9.17) is 16.3 Å². The average molecular weight is 466 g/mol. The van der Waals surface area contributed by atoms with Gasteiger partial charge in [-0.1, -0.05) is 11.6 Å². The molecular weight excluding hydrogens is 454 g/mol. The summed E-state index contributed by atoms with van der Waals surface area (Å²) in [6.07, 6.45) is 1.00. The number of benzene rings is 2. The number of aromatic hydroxyl groups is 1. The normalized spacial score (nSPS) is 14.9. The first-order valence-corrected chi connectivity index (χ1v) is 9.66. The molecule has 0 aromatic heterocycles. The maximum atomic E-state index is 12.5. The molecule has 1 fully saturated rings. The lowest BCUT2D eigenvalue weighted by atomic mass is 10.1. The van der Waals surface area contributed by atoms with Crippen molar-refractivity contribution in [2.24, 2.45) is 0 Å². The number of phenolic OH excluding ortho intramolecular Hbond substituents is 1. The third kappa shape index (κ3) is 4.92. The van der Waals surface area contributed by atoms with Gasteiger partial charge >= 0.3 is 5.69 Å². The van der Waals surface area contributed by atoms with E-state index in [2.05, 4.69) is 0 Å². The smallest absolute Gasteiger partial charge is 0.318 e. The Labute approximate surface area is 183 Å². The van der Waals surface area contributed by atoms with Gasteiger partial charge in [-0.3, -0.25) is 34.7 Å². The standard InChI is InChI=1S/C18H12ClN3O8S/c19-11-1-3-13(4-2-11)30-6-5-20-17(24)15(31-18(20)25)8-10-7-12(21(26)27)9-14(16(10)23)22(28)29/h1-4,7-9,23H,5-6H2/b15-8-. The lowest BCUT2D eigenvalue weighted by molar-refractivity contribution is -0.394. The summed E-state index contributed by atoms with van der Waals surface area (Å²) in [6, 6.07) is 7.95. The molecule has 0 saturated carbocycles. The summed E-state index contributed by atoms with van der Waals surface area (Å²) in [5.41, 5.74) is -1.87. The molecule has 13 heteroatoms. The van der Waals surface area contributed by atoms with Gasteiger partial charge in [0.25, 0.3) is 16.8 Å². The zero-order valence-corrected chi connectivity index (χ0v) is 17.0. The van der Waals surface area contributed by atoms with Crippen LogP contribution in [0.25, 0.3) is 6.08 Å². The molecule has 1 aliphatic heterocycles. The summed E-state index contributed by atoms with van der Waals surface area (Å²) < 4.78 is 5.45. The molecule has 0 unspecified atom stereocenters. The van der Waals surface area contributed by atoms with Crippen LogP contribution in [0.2, 0.25) is 5.02 Å². The quantitative estimate of drug-likeness (QED) is 0.363. The fourth-order valence-corrected chi connectivity index (χ4v) is 3.58. The Hall–Kier alpha value is -3.64. The van der Waals surface area contributed by atoms with E-state index in [9.17, 15) is 34.9 Å². The highest BCUT2D eigenvalue weighted by molar-refractivity contribution is 8.18. The molecule has 0 radical (unpaired) electrons. The zero-order valence-electron chi connectivity index (χ0n) is 15.4. The van der Waals surface area contributed by atoms with Crippen LogP contribution >= 0.6 is 23.4 Å². The van der Waals surface area contributed by atoms with Crippen LogP contribution in [0.5, 0.6) is 11.5 Å². The Balaban J connectivity index is 1.79. The van der Waals surface area contributed by atoms with Crippen molar-refractivity contribution in [1.29, 1.82) is 0 Å². The van der Waals surface area contributed by atoms with Crippen molar-refractivity contribution in [1.82, 2.24) is 4.90 Å². The molecule has 2 aromatic carbocycles. The van der Waals surface area contributed by atoms with Crippen molar-refractivity contribution < 1.29 is 29.3 Å². The Morgan fingerprint density at radius 1 is 1.13 bits per heavy atom. The summed E-state index contributed by atoms with van der Waals surface area (Å²) in [5.74, 6) is -1.09. The van der Waals surface area contributed by atoms with Crippen LogP contribution in [0.1, 0.15) is 5.56 Å². The van der Waals surface area contributed by atoms with Gasteiger partial charge in [-0.25, -0.2) is 0 Å². The Morgan fingerprint density at radius 3 is 2.42 bits per heavy atom. The highest BCUT2D eigenvalue weighted by Crippen LogP contribution is 2.39. The second-order valence-electron chi connectivity index (χ2n) is 6.05. The first-order valence-electron chi connectivity index (χ1n) is 8.47. The number of thioether (sulfide) groups is 1. The highest BCUT2D eigenvalue weighted by atomic mass is 35.5. The van der Waals surface area contributed by atoms with E-state index in [1.807, 2.05) is 0 Å². The summed E-state index contributed by atoms with van der Waals surface area (Å²) in [4.78, 5) is 45.7. The second-order valence-corrected chi connectivity index (χ2v) is 7.48. The minimum absolute atomic E-state index is 0.000479. The van der Waals surface area contributed by atoms with Crippen LogP contribution < -0.4 is 4.74 Å². The molecule has 1 N–H and O–H groups in total. The van der Waals surface area contributed by atoms with Crippen molar-refractivity contribution in [3.05, 3.63) is 72.1 Å². The third-order valence-electron chi connectivity index (χ3n) is 4.07. The van der Waals surface area contributed by atoms with E-state index in [1.54, 1.807) is 24.3 Å².